The van der Waals surface area contributed by atoms with Gasteiger partial charge in [0.05, 0.1) is 5.38 Å². The third kappa shape index (κ3) is 3.07. The lowest BCUT2D eigenvalue weighted by Gasteiger charge is -2.40. The summed E-state index contributed by atoms with van der Waals surface area (Å²) >= 11 is 6.21. The Hall–Kier alpha value is -1.51. The number of para-hydroxylation sites is 1. The maximum atomic E-state index is 6.21. The maximum Gasteiger partial charge on any atom is 0.128 e. The van der Waals surface area contributed by atoms with Gasteiger partial charge >= 0.3 is 0 Å². The molecule has 1 saturated carbocycles. The first-order chi connectivity index (χ1) is 10.3. The molecule has 3 rings (SSSR count). The van der Waals surface area contributed by atoms with Crippen LogP contribution in [-0.2, 0) is 4.74 Å². The Bertz CT molecular complexity index is 585. The van der Waals surface area contributed by atoms with Gasteiger partial charge in [-0.05, 0) is 18.6 Å². The quantitative estimate of drug-likeness (QED) is 0.756. The Morgan fingerprint density at radius 3 is 2.48 bits per heavy atom. The van der Waals surface area contributed by atoms with Gasteiger partial charge in [0.15, 0.2) is 0 Å². The van der Waals surface area contributed by atoms with E-state index in [4.69, 9.17) is 21.1 Å². The molecule has 1 aliphatic rings. The molecule has 3 heteroatoms. The van der Waals surface area contributed by atoms with Crippen LogP contribution in [-0.4, -0.2) is 24.2 Å². The third-order valence-electron chi connectivity index (χ3n) is 3.79. The molecule has 0 spiro atoms. The second kappa shape index (κ2) is 6.50. The van der Waals surface area contributed by atoms with E-state index in [0.717, 1.165) is 23.3 Å². The van der Waals surface area contributed by atoms with Crippen LogP contribution in [0.5, 0.6) is 5.75 Å². The smallest absolute Gasteiger partial charge is 0.128 e. The summed E-state index contributed by atoms with van der Waals surface area (Å²) in [6, 6.07) is 18.4. The highest BCUT2D eigenvalue weighted by atomic mass is 35.5. The van der Waals surface area contributed by atoms with Crippen molar-refractivity contribution in [3.05, 3.63) is 54.6 Å². The van der Waals surface area contributed by atoms with Gasteiger partial charge in [-0.25, -0.2) is 0 Å². The lowest BCUT2D eigenvalue weighted by atomic mass is 9.90. The lowest BCUT2D eigenvalue weighted by Crippen LogP contribution is -2.52. The van der Waals surface area contributed by atoms with Crippen LogP contribution >= 0.6 is 11.6 Å². The Kier molecular flexibility index (Phi) is 4.47. The summed E-state index contributed by atoms with van der Waals surface area (Å²) in [5.41, 5.74) is 2.26. The van der Waals surface area contributed by atoms with Crippen molar-refractivity contribution in [2.24, 2.45) is 0 Å². The molecule has 0 radical (unpaired) electrons. The molecule has 2 nitrogen and oxygen atoms in total. The second-order valence-electron chi connectivity index (χ2n) is 5.19. The van der Waals surface area contributed by atoms with E-state index < -0.39 is 0 Å². The molecule has 0 aromatic heterocycles. The zero-order chi connectivity index (χ0) is 14.7. The van der Waals surface area contributed by atoms with Crippen LogP contribution < -0.4 is 4.74 Å². The largest absolute Gasteiger partial charge is 0.487 e. The van der Waals surface area contributed by atoms with E-state index in [9.17, 15) is 0 Å². The van der Waals surface area contributed by atoms with Gasteiger partial charge in [0.25, 0.3) is 0 Å². The minimum Gasteiger partial charge on any atom is -0.487 e. The molecule has 0 aliphatic heterocycles. The van der Waals surface area contributed by atoms with E-state index in [-0.39, 0.29) is 17.6 Å². The number of ether oxygens (including phenoxy) is 2. The first kappa shape index (κ1) is 14.4. The maximum absolute atomic E-state index is 6.21. The standard InChI is InChI=1S/C18H19ClO2/c1-2-20-18-15(19)12-17(18)21-16-11-7-6-10-14(16)13-8-4-3-5-9-13/h3-11,15,17-18H,2,12H2,1H3. The van der Waals surface area contributed by atoms with Gasteiger partial charge in [0.2, 0.25) is 0 Å². The van der Waals surface area contributed by atoms with Gasteiger partial charge in [-0.15, -0.1) is 11.6 Å². The zero-order valence-electron chi connectivity index (χ0n) is 12.0. The normalized spacial score (nSPS) is 24.4. The third-order valence-corrected chi connectivity index (χ3v) is 4.22. The van der Waals surface area contributed by atoms with E-state index >= 15 is 0 Å². The lowest BCUT2D eigenvalue weighted by molar-refractivity contribution is -0.0757. The van der Waals surface area contributed by atoms with Crippen molar-refractivity contribution in [1.82, 2.24) is 0 Å². The van der Waals surface area contributed by atoms with Crippen molar-refractivity contribution < 1.29 is 9.47 Å². The highest BCUT2D eigenvalue weighted by Gasteiger charge is 2.42. The van der Waals surface area contributed by atoms with Gasteiger partial charge in [-0.3, -0.25) is 0 Å². The predicted molar refractivity (Wildman–Crippen MR) is 86.0 cm³/mol. The van der Waals surface area contributed by atoms with Crippen LogP contribution in [0.15, 0.2) is 54.6 Å². The molecule has 0 amide bonds. The van der Waals surface area contributed by atoms with E-state index in [1.54, 1.807) is 0 Å². The summed E-state index contributed by atoms with van der Waals surface area (Å²) in [6.07, 6.45) is 0.854. The van der Waals surface area contributed by atoms with Crippen LogP contribution in [0.2, 0.25) is 0 Å². The summed E-state index contributed by atoms with van der Waals surface area (Å²) in [5.74, 6) is 0.891. The van der Waals surface area contributed by atoms with Crippen molar-refractivity contribution in [1.29, 1.82) is 0 Å². The van der Waals surface area contributed by atoms with Crippen molar-refractivity contribution in [2.75, 3.05) is 6.61 Å². The Labute approximate surface area is 130 Å². The topological polar surface area (TPSA) is 18.5 Å². The van der Waals surface area contributed by atoms with Crippen molar-refractivity contribution in [3.63, 3.8) is 0 Å². The summed E-state index contributed by atoms with van der Waals surface area (Å²) in [4.78, 5) is 0. The van der Waals surface area contributed by atoms with Crippen molar-refractivity contribution in [2.45, 2.75) is 30.9 Å². The minimum atomic E-state index is -0.0134. The Morgan fingerprint density at radius 2 is 1.76 bits per heavy atom. The molecule has 2 aromatic rings. The molecule has 0 bridgehead atoms. The first-order valence-electron chi connectivity index (χ1n) is 7.36. The fourth-order valence-corrected chi connectivity index (χ4v) is 3.05. The van der Waals surface area contributed by atoms with E-state index in [1.807, 2.05) is 43.3 Å². The van der Waals surface area contributed by atoms with Crippen LogP contribution in [0.25, 0.3) is 11.1 Å². The first-order valence-corrected chi connectivity index (χ1v) is 7.80. The molecule has 110 valence electrons. The fourth-order valence-electron chi connectivity index (χ4n) is 2.64. The summed E-state index contributed by atoms with van der Waals surface area (Å²) in [7, 11) is 0. The molecule has 1 fully saturated rings. The summed E-state index contributed by atoms with van der Waals surface area (Å²) in [6.45, 7) is 2.64. The SMILES string of the molecule is CCOC1C(Cl)CC1Oc1ccccc1-c1ccccc1. The van der Waals surface area contributed by atoms with Crippen LogP contribution in [0.4, 0.5) is 0 Å². The van der Waals surface area contributed by atoms with Gasteiger partial charge in [0.1, 0.15) is 18.0 Å². The highest BCUT2D eigenvalue weighted by molar-refractivity contribution is 6.21. The molecular formula is C18H19ClO2. The second-order valence-corrected chi connectivity index (χ2v) is 5.75. The van der Waals surface area contributed by atoms with Gasteiger partial charge in [0, 0.05) is 18.6 Å². The average Bonchev–Trinajstić information content (AvgIpc) is 2.53. The number of hydrogen-bond acceptors (Lipinski definition) is 2. The van der Waals surface area contributed by atoms with Crippen LogP contribution in [0, 0.1) is 0 Å². The molecule has 0 heterocycles. The number of hydrogen-bond donors (Lipinski definition) is 0. The minimum absolute atomic E-state index is 0.0134. The molecule has 1 aliphatic carbocycles. The van der Waals surface area contributed by atoms with Gasteiger partial charge < -0.3 is 9.47 Å². The molecule has 3 unspecified atom stereocenters. The van der Waals surface area contributed by atoms with Crippen LogP contribution in [0.1, 0.15) is 13.3 Å². The summed E-state index contributed by atoms with van der Waals surface area (Å²) < 4.78 is 11.8. The zero-order valence-corrected chi connectivity index (χ0v) is 12.8. The van der Waals surface area contributed by atoms with E-state index in [1.165, 1.54) is 0 Å². The highest BCUT2D eigenvalue weighted by Crippen LogP contribution is 2.36. The number of alkyl halides is 1. The van der Waals surface area contributed by atoms with E-state index in [0.29, 0.717) is 6.61 Å². The fraction of sp³-hybridized carbons (Fsp3) is 0.333. The average molecular weight is 303 g/mol. The predicted octanol–water partition coefficient (Wildman–Crippen LogP) is 4.52. The summed E-state index contributed by atoms with van der Waals surface area (Å²) in [5, 5.41) is 0.0545. The number of halogens is 1. The van der Waals surface area contributed by atoms with Crippen molar-refractivity contribution >= 4 is 11.6 Å². The van der Waals surface area contributed by atoms with Crippen LogP contribution in [0.3, 0.4) is 0 Å². The molecule has 0 saturated heterocycles. The van der Waals surface area contributed by atoms with Gasteiger partial charge in [-0.2, -0.15) is 0 Å². The monoisotopic (exact) mass is 302 g/mol. The van der Waals surface area contributed by atoms with Gasteiger partial charge in [-0.1, -0.05) is 48.5 Å². The van der Waals surface area contributed by atoms with Crippen molar-refractivity contribution in [3.8, 4) is 16.9 Å². The Morgan fingerprint density at radius 1 is 1.05 bits per heavy atom. The Balaban J connectivity index is 1.81. The molecule has 0 N–H and O–H groups in total. The number of rotatable bonds is 5. The molecule has 2 aromatic carbocycles. The molecule has 3 atom stereocenters. The number of benzene rings is 2. The van der Waals surface area contributed by atoms with E-state index in [2.05, 4.69) is 18.2 Å². The molecule has 21 heavy (non-hydrogen) atoms. The molecular weight excluding hydrogens is 284 g/mol.